The molecule has 0 saturated heterocycles. The zero-order chi connectivity index (χ0) is 10.6. The predicted molar refractivity (Wildman–Crippen MR) is 56.3 cm³/mol. The van der Waals surface area contributed by atoms with E-state index in [1.807, 2.05) is 0 Å². The Morgan fingerprint density at radius 2 is 2.21 bits per heavy atom. The Morgan fingerprint density at radius 3 is 2.64 bits per heavy atom. The first kappa shape index (κ1) is 11.5. The maximum atomic E-state index is 10.6. The predicted octanol–water partition coefficient (Wildman–Crippen LogP) is 1.97. The van der Waals surface area contributed by atoms with Gasteiger partial charge in [-0.05, 0) is 32.2 Å². The van der Waals surface area contributed by atoms with Crippen LogP contribution in [0.15, 0.2) is 0 Å². The van der Waals surface area contributed by atoms with Gasteiger partial charge in [0, 0.05) is 6.04 Å². The zero-order valence-corrected chi connectivity index (χ0v) is 9.20. The van der Waals surface area contributed by atoms with Gasteiger partial charge < -0.3 is 5.11 Å². The van der Waals surface area contributed by atoms with Gasteiger partial charge >= 0.3 is 5.97 Å². The largest absolute Gasteiger partial charge is 0.480 e. The third-order valence-electron chi connectivity index (χ3n) is 3.07. The molecule has 14 heavy (non-hydrogen) atoms. The average Bonchev–Trinajstić information content (AvgIpc) is 2.93. The second-order valence-corrected chi connectivity index (χ2v) is 4.35. The molecule has 3 heteroatoms. The maximum absolute atomic E-state index is 10.6. The van der Waals surface area contributed by atoms with Crippen LogP contribution in [0.2, 0.25) is 0 Å². The first-order chi connectivity index (χ1) is 6.63. The minimum absolute atomic E-state index is 0.196. The molecule has 0 aromatic heterocycles. The first-order valence-corrected chi connectivity index (χ1v) is 5.59. The lowest BCUT2D eigenvalue weighted by Gasteiger charge is -2.26. The third kappa shape index (κ3) is 4.09. The molecule has 82 valence electrons. The van der Waals surface area contributed by atoms with Crippen LogP contribution in [0.3, 0.4) is 0 Å². The molecule has 0 aliphatic heterocycles. The van der Waals surface area contributed by atoms with Gasteiger partial charge in [0.25, 0.3) is 0 Å². The highest BCUT2D eigenvalue weighted by Crippen LogP contribution is 2.32. The Kier molecular flexibility index (Phi) is 4.39. The molecule has 0 aromatic rings. The number of rotatable bonds is 7. The smallest absolute Gasteiger partial charge is 0.317 e. The SMILES string of the molecule is CCC(C)N(CCC1CC1)CC(=O)O. The summed E-state index contributed by atoms with van der Waals surface area (Å²) in [7, 11) is 0. The molecule has 3 nitrogen and oxygen atoms in total. The molecule has 0 aromatic carbocycles. The van der Waals surface area contributed by atoms with Crippen LogP contribution in [0, 0.1) is 5.92 Å². The zero-order valence-electron chi connectivity index (χ0n) is 9.20. The summed E-state index contributed by atoms with van der Waals surface area (Å²) in [4.78, 5) is 12.7. The van der Waals surface area contributed by atoms with E-state index in [9.17, 15) is 4.79 Å². The number of hydrogen-bond donors (Lipinski definition) is 1. The summed E-state index contributed by atoms with van der Waals surface area (Å²) >= 11 is 0. The van der Waals surface area contributed by atoms with Crippen LogP contribution in [0.4, 0.5) is 0 Å². The third-order valence-corrected chi connectivity index (χ3v) is 3.07. The standard InChI is InChI=1S/C11H21NO2/c1-3-9(2)12(8-11(13)14)7-6-10-4-5-10/h9-10H,3-8H2,1-2H3,(H,13,14). The van der Waals surface area contributed by atoms with E-state index in [2.05, 4.69) is 18.7 Å². The summed E-state index contributed by atoms with van der Waals surface area (Å²) in [6.07, 6.45) is 4.90. The molecule has 1 aliphatic rings. The highest BCUT2D eigenvalue weighted by atomic mass is 16.4. The summed E-state index contributed by atoms with van der Waals surface area (Å²) in [6, 6.07) is 0.393. The van der Waals surface area contributed by atoms with Crippen molar-refractivity contribution in [3.8, 4) is 0 Å². The van der Waals surface area contributed by atoms with Gasteiger partial charge in [0.05, 0.1) is 6.54 Å². The van der Waals surface area contributed by atoms with Crippen LogP contribution < -0.4 is 0 Å². The minimum atomic E-state index is -0.707. The summed E-state index contributed by atoms with van der Waals surface area (Å²) < 4.78 is 0. The molecule has 0 heterocycles. The molecule has 1 saturated carbocycles. The van der Waals surface area contributed by atoms with Crippen LogP contribution >= 0.6 is 0 Å². The van der Waals surface area contributed by atoms with Crippen LogP contribution in [0.25, 0.3) is 0 Å². The second kappa shape index (κ2) is 5.35. The molecule has 1 unspecified atom stereocenters. The van der Waals surface area contributed by atoms with E-state index in [0.29, 0.717) is 6.04 Å². The molecular weight excluding hydrogens is 178 g/mol. The van der Waals surface area contributed by atoms with Crippen molar-refractivity contribution in [3.63, 3.8) is 0 Å². The van der Waals surface area contributed by atoms with Gasteiger partial charge in [0.2, 0.25) is 0 Å². The summed E-state index contributed by atoms with van der Waals surface area (Å²) in [5, 5.41) is 8.77. The van der Waals surface area contributed by atoms with Gasteiger partial charge in [-0.2, -0.15) is 0 Å². The Balaban J connectivity index is 2.29. The number of carboxylic acids is 1. The molecular formula is C11H21NO2. The number of hydrogen-bond acceptors (Lipinski definition) is 2. The molecule has 1 rings (SSSR count). The molecule has 0 amide bonds. The van der Waals surface area contributed by atoms with Gasteiger partial charge in [-0.3, -0.25) is 9.69 Å². The lowest BCUT2D eigenvalue weighted by Crippen LogP contribution is -2.37. The van der Waals surface area contributed by atoms with Crippen molar-refractivity contribution >= 4 is 5.97 Å². The Labute approximate surface area is 86.1 Å². The number of carbonyl (C=O) groups is 1. The van der Waals surface area contributed by atoms with Crippen LogP contribution in [0.1, 0.15) is 39.5 Å². The highest BCUT2D eigenvalue weighted by Gasteiger charge is 2.23. The van der Waals surface area contributed by atoms with Crippen molar-refractivity contribution in [3.05, 3.63) is 0 Å². The van der Waals surface area contributed by atoms with Crippen LogP contribution in [-0.4, -0.2) is 35.1 Å². The Hall–Kier alpha value is -0.570. The fourth-order valence-electron chi connectivity index (χ4n) is 1.64. The van der Waals surface area contributed by atoms with E-state index in [1.165, 1.54) is 19.3 Å². The van der Waals surface area contributed by atoms with Crippen molar-refractivity contribution in [2.24, 2.45) is 5.92 Å². The van der Waals surface area contributed by atoms with Crippen molar-refractivity contribution in [2.75, 3.05) is 13.1 Å². The minimum Gasteiger partial charge on any atom is -0.480 e. The van der Waals surface area contributed by atoms with Gasteiger partial charge in [-0.15, -0.1) is 0 Å². The molecule has 0 spiro atoms. The van der Waals surface area contributed by atoms with Gasteiger partial charge in [0.15, 0.2) is 0 Å². The van der Waals surface area contributed by atoms with Crippen molar-refractivity contribution in [2.45, 2.75) is 45.6 Å². The maximum Gasteiger partial charge on any atom is 0.317 e. The molecule has 1 atom stereocenters. The summed E-state index contributed by atoms with van der Waals surface area (Å²) in [6.45, 7) is 5.36. The topological polar surface area (TPSA) is 40.5 Å². The number of carboxylic acid groups (broad SMARTS) is 1. The van der Waals surface area contributed by atoms with Gasteiger partial charge in [0.1, 0.15) is 0 Å². The summed E-state index contributed by atoms with van der Waals surface area (Å²) in [5.41, 5.74) is 0. The molecule has 1 fully saturated rings. The van der Waals surface area contributed by atoms with E-state index in [-0.39, 0.29) is 6.54 Å². The van der Waals surface area contributed by atoms with Gasteiger partial charge in [-0.1, -0.05) is 19.8 Å². The van der Waals surface area contributed by atoms with E-state index in [1.54, 1.807) is 0 Å². The van der Waals surface area contributed by atoms with Gasteiger partial charge in [-0.25, -0.2) is 0 Å². The second-order valence-electron chi connectivity index (χ2n) is 4.35. The van der Waals surface area contributed by atoms with E-state index < -0.39 is 5.97 Å². The van der Waals surface area contributed by atoms with Crippen LogP contribution in [0.5, 0.6) is 0 Å². The fraction of sp³-hybridized carbons (Fsp3) is 0.909. The van der Waals surface area contributed by atoms with Crippen molar-refractivity contribution < 1.29 is 9.90 Å². The fourth-order valence-corrected chi connectivity index (χ4v) is 1.64. The normalized spacial score (nSPS) is 18.5. The Morgan fingerprint density at radius 1 is 1.57 bits per heavy atom. The Bertz CT molecular complexity index is 190. The molecule has 1 aliphatic carbocycles. The molecule has 0 radical (unpaired) electrons. The first-order valence-electron chi connectivity index (χ1n) is 5.59. The number of aliphatic carboxylic acids is 1. The molecule has 1 N–H and O–H groups in total. The lowest BCUT2D eigenvalue weighted by atomic mass is 10.2. The van der Waals surface area contributed by atoms with Crippen molar-refractivity contribution in [1.29, 1.82) is 0 Å². The summed E-state index contributed by atoms with van der Waals surface area (Å²) in [5.74, 6) is 0.177. The van der Waals surface area contributed by atoms with E-state index in [0.717, 1.165) is 18.9 Å². The van der Waals surface area contributed by atoms with E-state index in [4.69, 9.17) is 5.11 Å². The quantitative estimate of drug-likeness (QED) is 0.681. The lowest BCUT2D eigenvalue weighted by molar-refractivity contribution is -0.138. The monoisotopic (exact) mass is 199 g/mol. The molecule has 0 bridgehead atoms. The highest BCUT2D eigenvalue weighted by molar-refractivity contribution is 5.69. The van der Waals surface area contributed by atoms with Crippen molar-refractivity contribution in [1.82, 2.24) is 4.90 Å². The average molecular weight is 199 g/mol. The number of nitrogens with zero attached hydrogens (tertiary/aromatic N) is 1. The van der Waals surface area contributed by atoms with E-state index >= 15 is 0 Å². The van der Waals surface area contributed by atoms with Crippen LogP contribution in [-0.2, 0) is 4.79 Å².